The lowest BCUT2D eigenvalue weighted by Gasteiger charge is -2.20. The maximum absolute atomic E-state index is 13.6. The molecular formula is C28H23FN4O2. The zero-order chi connectivity index (χ0) is 24.0. The van der Waals surface area contributed by atoms with Crippen molar-refractivity contribution in [3.8, 4) is 34.4 Å². The van der Waals surface area contributed by atoms with Gasteiger partial charge in [-0.25, -0.2) is 14.4 Å². The second-order valence-corrected chi connectivity index (χ2v) is 8.02. The maximum atomic E-state index is 13.6. The molecule has 0 saturated heterocycles. The summed E-state index contributed by atoms with van der Waals surface area (Å²) in [5, 5.41) is 10.3. The van der Waals surface area contributed by atoms with Crippen LogP contribution < -0.4 is 4.74 Å². The van der Waals surface area contributed by atoms with E-state index in [9.17, 15) is 9.50 Å². The van der Waals surface area contributed by atoms with Crippen molar-refractivity contribution in [1.82, 2.24) is 19.5 Å². The molecule has 7 heteroatoms. The molecule has 0 bridgehead atoms. The molecule has 0 spiro atoms. The van der Waals surface area contributed by atoms with Gasteiger partial charge < -0.3 is 14.4 Å². The molecule has 0 fully saturated rings. The van der Waals surface area contributed by atoms with Gasteiger partial charge in [0.1, 0.15) is 11.6 Å². The molecule has 0 aliphatic carbocycles. The molecule has 3 aromatic carbocycles. The van der Waals surface area contributed by atoms with E-state index in [4.69, 9.17) is 4.74 Å². The first-order chi connectivity index (χ1) is 17.2. The molecule has 6 nitrogen and oxygen atoms in total. The van der Waals surface area contributed by atoms with Crippen LogP contribution in [0.2, 0.25) is 0 Å². The van der Waals surface area contributed by atoms with Gasteiger partial charge in [0, 0.05) is 11.8 Å². The fourth-order valence-electron chi connectivity index (χ4n) is 3.96. The second-order valence-electron chi connectivity index (χ2n) is 8.02. The van der Waals surface area contributed by atoms with Crippen LogP contribution in [0.1, 0.15) is 11.6 Å². The SMILES string of the molecule is OCC(Cc1ccccc1)n1cnc(-c2ccc(F)cc2)c1-c1ccnc(Oc2ccccc2)n1. The van der Waals surface area contributed by atoms with Gasteiger partial charge >= 0.3 is 6.01 Å². The summed E-state index contributed by atoms with van der Waals surface area (Å²) in [7, 11) is 0. The summed E-state index contributed by atoms with van der Waals surface area (Å²) >= 11 is 0. The number of ether oxygens (including phenoxy) is 1. The molecular weight excluding hydrogens is 443 g/mol. The van der Waals surface area contributed by atoms with E-state index in [2.05, 4.69) is 15.0 Å². The maximum Gasteiger partial charge on any atom is 0.322 e. The molecule has 1 N–H and O–H groups in total. The largest absolute Gasteiger partial charge is 0.424 e. The minimum atomic E-state index is -0.326. The van der Waals surface area contributed by atoms with Crippen molar-refractivity contribution in [3.63, 3.8) is 0 Å². The average molecular weight is 467 g/mol. The van der Waals surface area contributed by atoms with E-state index in [-0.39, 0.29) is 24.5 Å². The van der Waals surface area contributed by atoms with Crippen molar-refractivity contribution in [2.24, 2.45) is 0 Å². The molecule has 1 atom stereocenters. The normalized spacial score (nSPS) is 11.8. The van der Waals surface area contributed by atoms with Crippen molar-refractivity contribution in [3.05, 3.63) is 115 Å². The smallest absolute Gasteiger partial charge is 0.322 e. The highest BCUT2D eigenvalue weighted by molar-refractivity contribution is 5.77. The summed E-state index contributed by atoms with van der Waals surface area (Å²) in [5.74, 6) is 0.293. The van der Waals surface area contributed by atoms with Gasteiger partial charge in [-0.3, -0.25) is 0 Å². The predicted molar refractivity (Wildman–Crippen MR) is 131 cm³/mol. The number of aliphatic hydroxyl groups excluding tert-OH is 1. The highest BCUT2D eigenvalue weighted by Crippen LogP contribution is 2.34. The standard InChI is InChI=1S/C28H23FN4O2/c29-22-13-11-21(12-14-22)26-27(25-15-16-30-28(32-25)35-24-9-5-2-6-10-24)33(19-31-26)23(18-34)17-20-7-3-1-4-8-20/h1-16,19,23,34H,17-18H2. The van der Waals surface area contributed by atoms with Gasteiger partial charge in [-0.1, -0.05) is 48.5 Å². The summed E-state index contributed by atoms with van der Waals surface area (Å²) in [6.45, 7) is -0.0977. The lowest BCUT2D eigenvalue weighted by molar-refractivity contribution is 0.228. The van der Waals surface area contributed by atoms with Crippen LogP contribution in [0.3, 0.4) is 0 Å². The van der Waals surface area contributed by atoms with Crippen molar-refractivity contribution in [1.29, 1.82) is 0 Å². The summed E-state index contributed by atoms with van der Waals surface area (Å²) in [5.41, 5.74) is 3.72. The van der Waals surface area contributed by atoms with Gasteiger partial charge in [0.25, 0.3) is 0 Å². The lowest BCUT2D eigenvalue weighted by Crippen LogP contribution is -2.17. The van der Waals surface area contributed by atoms with Crippen LogP contribution in [0, 0.1) is 5.82 Å². The Kier molecular flexibility index (Phi) is 6.59. The lowest BCUT2D eigenvalue weighted by atomic mass is 10.0. The van der Waals surface area contributed by atoms with Gasteiger partial charge in [0.05, 0.1) is 36.1 Å². The quantitative estimate of drug-likeness (QED) is 0.317. The van der Waals surface area contributed by atoms with Crippen LogP contribution in [-0.2, 0) is 6.42 Å². The monoisotopic (exact) mass is 466 g/mol. The summed E-state index contributed by atoms with van der Waals surface area (Å²) in [6, 6.07) is 27.1. The number of benzene rings is 3. The van der Waals surface area contributed by atoms with Crippen molar-refractivity contribution in [2.45, 2.75) is 12.5 Å². The number of aromatic nitrogens is 4. The number of para-hydroxylation sites is 1. The summed E-state index contributed by atoms with van der Waals surface area (Å²) in [4.78, 5) is 13.6. The van der Waals surface area contributed by atoms with Gasteiger partial charge in [-0.2, -0.15) is 4.98 Å². The third kappa shape index (κ3) is 5.10. The molecule has 2 heterocycles. The Balaban J connectivity index is 1.59. The number of halogens is 1. The molecule has 1 unspecified atom stereocenters. The molecule has 0 aliphatic rings. The van der Waals surface area contributed by atoms with E-state index >= 15 is 0 Å². The molecule has 0 aliphatic heterocycles. The van der Waals surface area contributed by atoms with Gasteiger partial charge in [0.2, 0.25) is 0 Å². The topological polar surface area (TPSA) is 73.1 Å². The Morgan fingerprint density at radius 3 is 2.29 bits per heavy atom. The van der Waals surface area contributed by atoms with Crippen LogP contribution in [0.4, 0.5) is 4.39 Å². The third-order valence-electron chi connectivity index (χ3n) is 5.66. The Hall–Kier alpha value is -4.36. The zero-order valence-electron chi connectivity index (χ0n) is 18.8. The number of nitrogens with zero attached hydrogens (tertiary/aromatic N) is 4. The van der Waals surface area contributed by atoms with E-state index in [0.717, 1.165) is 11.1 Å². The van der Waals surface area contributed by atoms with Crippen LogP contribution in [0.5, 0.6) is 11.8 Å². The van der Waals surface area contributed by atoms with Crippen LogP contribution >= 0.6 is 0 Å². The van der Waals surface area contributed by atoms with Gasteiger partial charge in [-0.15, -0.1) is 0 Å². The fraction of sp³-hybridized carbons (Fsp3) is 0.107. The van der Waals surface area contributed by atoms with E-state index in [1.165, 1.54) is 12.1 Å². The molecule has 5 rings (SSSR count). The van der Waals surface area contributed by atoms with Gasteiger partial charge in [-0.05, 0) is 54.4 Å². The molecule has 0 radical (unpaired) electrons. The Morgan fingerprint density at radius 2 is 1.57 bits per heavy atom. The number of hydrogen-bond acceptors (Lipinski definition) is 5. The third-order valence-corrected chi connectivity index (χ3v) is 5.66. The summed E-state index contributed by atoms with van der Waals surface area (Å²) < 4.78 is 21.4. The highest BCUT2D eigenvalue weighted by Gasteiger charge is 2.22. The molecule has 0 saturated carbocycles. The Bertz CT molecular complexity index is 1390. The number of aliphatic hydroxyl groups is 1. The number of imidazole rings is 1. The fourth-order valence-corrected chi connectivity index (χ4v) is 3.96. The van der Waals surface area contributed by atoms with Crippen molar-refractivity contribution in [2.75, 3.05) is 6.61 Å². The van der Waals surface area contributed by atoms with Crippen LogP contribution in [0.25, 0.3) is 22.6 Å². The Morgan fingerprint density at radius 1 is 0.857 bits per heavy atom. The van der Waals surface area contributed by atoms with Crippen molar-refractivity contribution >= 4 is 0 Å². The highest BCUT2D eigenvalue weighted by atomic mass is 19.1. The molecule has 35 heavy (non-hydrogen) atoms. The number of rotatable bonds is 8. The first kappa shape index (κ1) is 22.4. The number of hydrogen-bond donors (Lipinski definition) is 1. The molecule has 5 aromatic rings. The molecule has 0 amide bonds. The van der Waals surface area contributed by atoms with Crippen LogP contribution in [0.15, 0.2) is 104 Å². The van der Waals surface area contributed by atoms with E-state index in [1.807, 2.05) is 65.2 Å². The van der Waals surface area contributed by atoms with Crippen LogP contribution in [-0.4, -0.2) is 31.2 Å². The first-order valence-electron chi connectivity index (χ1n) is 11.2. The second kappa shape index (κ2) is 10.3. The van der Waals surface area contributed by atoms with E-state index in [0.29, 0.717) is 29.3 Å². The van der Waals surface area contributed by atoms with Gasteiger partial charge in [0.15, 0.2) is 0 Å². The van der Waals surface area contributed by atoms with E-state index in [1.54, 1.807) is 30.7 Å². The summed E-state index contributed by atoms with van der Waals surface area (Å²) in [6.07, 6.45) is 3.91. The minimum Gasteiger partial charge on any atom is -0.424 e. The molecule has 2 aromatic heterocycles. The first-order valence-corrected chi connectivity index (χ1v) is 11.2. The predicted octanol–water partition coefficient (Wildman–Crippen LogP) is 5.71. The average Bonchev–Trinajstić information content (AvgIpc) is 3.34. The van der Waals surface area contributed by atoms with Crippen molar-refractivity contribution < 1.29 is 14.2 Å². The Labute approximate surface area is 202 Å². The molecule has 174 valence electrons. The zero-order valence-corrected chi connectivity index (χ0v) is 18.8. The minimum absolute atomic E-state index is 0.0977. The van der Waals surface area contributed by atoms with E-state index < -0.39 is 0 Å².